The summed E-state index contributed by atoms with van der Waals surface area (Å²) in [5, 5.41) is 28.6. The second-order valence-corrected chi connectivity index (χ2v) is 13.9. The molecule has 2 aromatic heterocycles. The van der Waals surface area contributed by atoms with E-state index in [1.807, 2.05) is 0 Å². The molecule has 2 atom stereocenters. The van der Waals surface area contributed by atoms with Crippen LogP contribution < -0.4 is 20.9 Å². The summed E-state index contributed by atoms with van der Waals surface area (Å²) in [5.41, 5.74) is 6.05. The molecular formula is C38H32F4N8O8. The first-order valence-corrected chi connectivity index (χ1v) is 17.3. The summed E-state index contributed by atoms with van der Waals surface area (Å²) in [6, 6.07) is 10.6. The number of amides is 4. The van der Waals surface area contributed by atoms with Gasteiger partial charge >= 0.3 is 11.8 Å². The van der Waals surface area contributed by atoms with Gasteiger partial charge in [0.15, 0.2) is 24.6 Å². The number of aromatic nitrogens is 4. The third-order valence-corrected chi connectivity index (χ3v) is 9.71. The molecule has 0 unspecified atom stereocenters. The Balaban J connectivity index is 0.000000177. The van der Waals surface area contributed by atoms with Gasteiger partial charge in [0.05, 0.1) is 0 Å². The average Bonchev–Trinajstić information content (AvgIpc) is 3.94. The van der Waals surface area contributed by atoms with Crippen LogP contribution in [0, 0.1) is 23.7 Å². The molecule has 4 aliphatic heterocycles. The Bertz CT molecular complexity index is 2380. The van der Waals surface area contributed by atoms with Crippen molar-refractivity contribution < 1.29 is 56.4 Å². The highest BCUT2D eigenvalue weighted by molar-refractivity contribution is 5.92. The number of likely N-dealkylation sites (N-methyl/N-ethyl adjacent to an activating group) is 2. The molecule has 8 rings (SSSR count). The molecule has 6 N–H and O–H groups in total. The van der Waals surface area contributed by atoms with Gasteiger partial charge in [0.25, 0.3) is 23.6 Å². The summed E-state index contributed by atoms with van der Waals surface area (Å²) in [6.45, 7) is -1.11. The number of benzene rings is 2. The standard InChI is InChI=1S/2C19H16F2N4O4/c2*1-24-7-6-18(28,17(24)27)5-4-11-2-3-14-13(8-11)25-15(19(20,21)10-29-14)9-12(23-25)16(22)26/h2*2-3,8-9,28H,6-7,10H2,1H3,(H2,22,26)/t2*18-/m10/s1. The highest BCUT2D eigenvalue weighted by Gasteiger charge is 2.45. The van der Waals surface area contributed by atoms with Crippen LogP contribution in [0.5, 0.6) is 11.5 Å². The zero-order chi connectivity index (χ0) is 41.9. The molecule has 2 fully saturated rings. The minimum Gasteiger partial charge on any atom is -0.485 e. The first-order valence-electron chi connectivity index (χ1n) is 17.3. The van der Waals surface area contributed by atoms with Crippen molar-refractivity contribution in [3.63, 3.8) is 0 Å². The van der Waals surface area contributed by atoms with E-state index in [0.717, 1.165) is 21.5 Å². The van der Waals surface area contributed by atoms with E-state index < -0.39 is 71.3 Å². The van der Waals surface area contributed by atoms with E-state index in [1.54, 1.807) is 14.1 Å². The van der Waals surface area contributed by atoms with Crippen LogP contribution in [0.1, 0.15) is 56.3 Å². The number of hydrogen-bond donors (Lipinski definition) is 4. The summed E-state index contributed by atoms with van der Waals surface area (Å²) in [4.78, 5) is 49.7. The Morgan fingerprint density at radius 2 is 1.07 bits per heavy atom. The second-order valence-electron chi connectivity index (χ2n) is 13.9. The average molecular weight is 805 g/mol. The molecule has 0 radical (unpaired) electrons. The number of carbonyl (C=O) groups is 4. The molecule has 0 bridgehead atoms. The fourth-order valence-corrected chi connectivity index (χ4v) is 6.43. The van der Waals surface area contributed by atoms with E-state index in [4.69, 9.17) is 20.9 Å². The van der Waals surface area contributed by atoms with Crippen LogP contribution in [0.2, 0.25) is 0 Å². The highest BCUT2D eigenvalue weighted by atomic mass is 19.3. The number of nitrogens with zero attached hydrogens (tertiary/aromatic N) is 6. The van der Waals surface area contributed by atoms with Crippen molar-refractivity contribution in [1.29, 1.82) is 0 Å². The topological polar surface area (TPSA) is 221 Å². The van der Waals surface area contributed by atoms with E-state index in [0.29, 0.717) is 24.2 Å². The smallest absolute Gasteiger partial charge is 0.323 e. The molecular weight excluding hydrogens is 772 g/mol. The van der Waals surface area contributed by atoms with E-state index in [1.165, 1.54) is 46.2 Å². The Morgan fingerprint density at radius 1 is 0.690 bits per heavy atom. The van der Waals surface area contributed by atoms with E-state index in [-0.39, 0.29) is 47.1 Å². The monoisotopic (exact) mass is 804 g/mol. The van der Waals surface area contributed by atoms with Crippen LogP contribution in [0.3, 0.4) is 0 Å². The largest absolute Gasteiger partial charge is 0.485 e. The lowest BCUT2D eigenvalue weighted by atomic mass is 10.0. The zero-order valence-corrected chi connectivity index (χ0v) is 30.6. The molecule has 20 heteroatoms. The summed E-state index contributed by atoms with van der Waals surface area (Å²) in [6.07, 6.45) is 0.335. The fourth-order valence-electron chi connectivity index (χ4n) is 6.43. The minimum absolute atomic E-state index is 0.114. The second kappa shape index (κ2) is 13.9. The molecule has 4 aliphatic rings. The zero-order valence-electron chi connectivity index (χ0n) is 30.6. The third kappa shape index (κ3) is 7.03. The Kier molecular flexibility index (Phi) is 9.45. The quantitative estimate of drug-likeness (QED) is 0.165. The molecule has 58 heavy (non-hydrogen) atoms. The lowest BCUT2D eigenvalue weighted by Crippen LogP contribution is -2.37. The lowest BCUT2D eigenvalue weighted by molar-refractivity contribution is -0.138. The first kappa shape index (κ1) is 39.3. The van der Waals surface area contributed by atoms with E-state index in [9.17, 15) is 47.0 Å². The maximum absolute atomic E-state index is 14.4. The van der Waals surface area contributed by atoms with Gasteiger partial charge in [-0.1, -0.05) is 23.7 Å². The summed E-state index contributed by atoms with van der Waals surface area (Å²) >= 11 is 0. The molecule has 2 aromatic carbocycles. The number of hydrogen-bond acceptors (Lipinski definition) is 10. The summed E-state index contributed by atoms with van der Waals surface area (Å²) < 4.78 is 70.0. The normalized spacial score (nSPS) is 22.1. The Hall–Kier alpha value is -6.90. The maximum Gasteiger partial charge on any atom is 0.323 e. The van der Waals surface area contributed by atoms with Gasteiger partial charge < -0.3 is 41.0 Å². The number of likely N-dealkylation sites (tertiary alicyclic amines) is 2. The summed E-state index contributed by atoms with van der Waals surface area (Å²) in [7, 11) is 3.13. The molecule has 0 spiro atoms. The van der Waals surface area contributed by atoms with Crippen molar-refractivity contribution >= 4 is 23.6 Å². The molecule has 0 saturated carbocycles. The van der Waals surface area contributed by atoms with Crippen molar-refractivity contribution in [2.45, 2.75) is 35.9 Å². The molecule has 16 nitrogen and oxygen atoms in total. The van der Waals surface area contributed by atoms with Gasteiger partial charge in [-0.3, -0.25) is 19.2 Å². The molecule has 6 heterocycles. The molecule has 4 aromatic rings. The number of halogens is 4. The van der Waals surface area contributed by atoms with Crippen molar-refractivity contribution in [3.8, 4) is 46.6 Å². The van der Waals surface area contributed by atoms with Crippen LogP contribution in [0.15, 0.2) is 48.5 Å². The van der Waals surface area contributed by atoms with Gasteiger partial charge in [0.1, 0.15) is 34.3 Å². The van der Waals surface area contributed by atoms with Crippen LogP contribution >= 0.6 is 0 Å². The van der Waals surface area contributed by atoms with Gasteiger partial charge in [-0.25, -0.2) is 9.36 Å². The van der Waals surface area contributed by atoms with Gasteiger partial charge in [0.2, 0.25) is 11.2 Å². The number of primary amides is 2. The van der Waals surface area contributed by atoms with Gasteiger partial charge in [0, 0.05) is 51.2 Å². The maximum atomic E-state index is 14.4. The number of rotatable bonds is 2. The van der Waals surface area contributed by atoms with Gasteiger partial charge in [-0.2, -0.15) is 27.8 Å². The predicted octanol–water partition coefficient (Wildman–Crippen LogP) is 0.800. The minimum atomic E-state index is -3.40. The van der Waals surface area contributed by atoms with Gasteiger partial charge in [-0.05, 0) is 48.5 Å². The van der Waals surface area contributed by atoms with Crippen LogP contribution in [-0.4, -0.2) is 115 Å². The van der Waals surface area contributed by atoms with E-state index >= 15 is 0 Å². The molecule has 2 saturated heterocycles. The van der Waals surface area contributed by atoms with Crippen molar-refractivity contribution in [1.82, 2.24) is 29.4 Å². The Labute approximate surface area is 325 Å². The molecule has 0 aliphatic carbocycles. The number of ether oxygens (including phenoxy) is 2. The van der Waals surface area contributed by atoms with Crippen molar-refractivity contribution in [2.75, 3.05) is 40.4 Å². The SMILES string of the molecule is CN1CC[C@@](O)(C#Cc2ccc3c(c2)-n2nc(C(N)=O)cc2C(F)(F)CO3)C1=O.CN1CC[C@](O)(C#Cc2ccc3c(c2)-n2nc(C(N)=O)cc2C(F)(F)CO3)C1=O. The number of alkyl halides is 4. The number of aliphatic hydroxyl groups is 2. The number of fused-ring (bicyclic) bond motifs is 6. The number of nitrogens with two attached hydrogens (primary N) is 2. The Morgan fingerprint density at radius 3 is 1.40 bits per heavy atom. The fraction of sp³-hybridized carbons (Fsp3) is 0.316. The highest BCUT2D eigenvalue weighted by Crippen LogP contribution is 2.39. The van der Waals surface area contributed by atoms with Crippen LogP contribution in [0.25, 0.3) is 11.4 Å². The molecule has 300 valence electrons. The number of carbonyl (C=O) groups excluding carboxylic acids is 4. The van der Waals surface area contributed by atoms with Crippen molar-refractivity contribution in [3.05, 3.63) is 82.4 Å². The molecule has 4 amide bonds. The third-order valence-electron chi connectivity index (χ3n) is 9.71. The first-order chi connectivity index (χ1) is 27.2. The van der Waals surface area contributed by atoms with Crippen molar-refractivity contribution in [2.24, 2.45) is 11.5 Å². The van der Waals surface area contributed by atoms with Crippen LogP contribution in [0.4, 0.5) is 17.6 Å². The van der Waals surface area contributed by atoms with E-state index in [2.05, 4.69) is 33.9 Å². The van der Waals surface area contributed by atoms with Crippen LogP contribution in [-0.2, 0) is 21.4 Å². The predicted molar refractivity (Wildman–Crippen MR) is 191 cm³/mol. The lowest BCUT2D eigenvalue weighted by Gasteiger charge is -2.13. The van der Waals surface area contributed by atoms with Gasteiger partial charge in [-0.15, -0.1) is 0 Å². The summed E-state index contributed by atoms with van der Waals surface area (Å²) in [5.74, 6) is 1.09.